The van der Waals surface area contributed by atoms with E-state index in [-0.39, 0.29) is 11.0 Å². The van der Waals surface area contributed by atoms with Gasteiger partial charge in [-0.1, -0.05) is 23.2 Å². The molecule has 1 aromatic heterocycles. The lowest BCUT2D eigenvalue weighted by atomic mass is 10.1. The Labute approximate surface area is 199 Å². The maximum atomic E-state index is 13.2. The number of nitrogens with one attached hydrogen (secondary N) is 1. The van der Waals surface area contributed by atoms with Crippen LogP contribution in [0.5, 0.6) is 0 Å². The lowest BCUT2D eigenvalue weighted by Gasteiger charge is -2.25. The van der Waals surface area contributed by atoms with Crippen LogP contribution in [0.2, 0.25) is 10.0 Å². The highest BCUT2D eigenvalue weighted by atomic mass is 35.5. The molecule has 1 N–H and O–H groups in total. The number of piperidine rings is 1. The van der Waals surface area contributed by atoms with Gasteiger partial charge in [0.1, 0.15) is 0 Å². The maximum absolute atomic E-state index is 13.2. The summed E-state index contributed by atoms with van der Waals surface area (Å²) in [6, 6.07) is 14.4. The van der Waals surface area contributed by atoms with Gasteiger partial charge in [-0.2, -0.15) is 4.07 Å². The highest BCUT2D eigenvalue weighted by Crippen LogP contribution is 2.17. The summed E-state index contributed by atoms with van der Waals surface area (Å²) in [5.74, 6) is -0.128. The van der Waals surface area contributed by atoms with Crippen LogP contribution >= 0.6 is 47.0 Å². The summed E-state index contributed by atoms with van der Waals surface area (Å²) in [6.45, 7) is 1.45. The lowest BCUT2D eigenvalue weighted by molar-refractivity contribution is 0.0716. The molecule has 4 rings (SSSR count). The van der Waals surface area contributed by atoms with Crippen LogP contribution in [0.3, 0.4) is 0 Å². The molecule has 1 aliphatic heterocycles. The molecule has 2 aromatic carbocycles. The average molecular weight is 492 g/mol. The number of anilines is 1. The van der Waals surface area contributed by atoms with Gasteiger partial charge in [0, 0.05) is 28.8 Å². The van der Waals surface area contributed by atoms with E-state index in [9.17, 15) is 4.79 Å². The van der Waals surface area contributed by atoms with E-state index in [1.54, 1.807) is 28.3 Å². The van der Waals surface area contributed by atoms with E-state index in [0.717, 1.165) is 43.7 Å². The smallest absolute Gasteiger partial charge is 0.277 e. The first-order valence-electron chi connectivity index (χ1n) is 9.77. The van der Waals surface area contributed by atoms with Crippen molar-refractivity contribution in [3.05, 3.63) is 68.9 Å². The first-order valence-corrected chi connectivity index (χ1v) is 11.7. The molecule has 10 heteroatoms. The van der Waals surface area contributed by atoms with Crippen molar-refractivity contribution in [2.75, 3.05) is 18.4 Å². The van der Waals surface area contributed by atoms with Crippen molar-refractivity contribution in [3.63, 3.8) is 0 Å². The predicted molar refractivity (Wildman–Crippen MR) is 129 cm³/mol. The summed E-state index contributed by atoms with van der Waals surface area (Å²) < 4.78 is 2.12. The Hall–Kier alpha value is -2.26. The minimum atomic E-state index is -0.128. The van der Waals surface area contributed by atoms with Crippen molar-refractivity contribution in [2.24, 2.45) is 4.99 Å². The Morgan fingerprint density at radius 2 is 1.61 bits per heavy atom. The second kappa shape index (κ2) is 9.91. The van der Waals surface area contributed by atoms with E-state index in [2.05, 4.69) is 15.4 Å². The van der Waals surface area contributed by atoms with E-state index < -0.39 is 0 Å². The number of carbonyl (C=O) groups is 1. The minimum Gasteiger partial charge on any atom is -0.337 e. The van der Waals surface area contributed by atoms with E-state index >= 15 is 0 Å². The van der Waals surface area contributed by atoms with E-state index in [0.29, 0.717) is 20.4 Å². The zero-order chi connectivity index (χ0) is 21.8. The highest BCUT2D eigenvalue weighted by Gasteiger charge is 2.23. The molecule has 0 saturated carbocycles. The third kappa shape index (κ3) is 5.51. The molecular formula is C21H19Cl2N5OS2. The third-order valence-corrected chi connectivity index (χ3v) is 6.38. The van der Waals surface area contributed by atoms with Crippen molar-refractivity contribution in [2.45, 2.75) is 19.3 Å². The summed E-state index contributed by atoms with van der Waals surface area (Å²) in [5.41, 5.74) is 1.85. The van der Waals surface area contributed by atoms with Gasteiger partial charge in [-0.05, 0) is 91.5 Å². The van der Waals surface area contributed by atoms with Crippen molar-refractivity contribution in [1.29, 1.82) is 0 Å². The SMILES string of the molecule is O=C(c1nn(-c2ccc(Cl)cc2)s/c1=N\C(=S)Nc1ccc(Cl)cc1)N1CCCCC1. The fraction of sp³-hybridized carbons (Fsp3) is 0.238. The van der Waals surface area contributed by atoms with Crippen molar-refractivity contribution < 1.29 is 4.79 Å². The van der Waals surface area contributed by atoms with Crippen LogP contribution in [0.15, 0.2) is 53.5 Å². The molecule has 1 fully saturated rings. The third-order valence-electron chi connectivity index (χ3n) is 4.76. The number of hydrogen-bond donors (Lipinski definition) is 1. The first kappa shape index (κ1) is 22.0. The van der Waals surface area contributed by atoms with Gasteiger partial charge in [-0.3, -0.25) is 4.79 Å². The Morgan fingerprint density at radius 1 is 1.00 bits per heavy atom. The van der Waals surface area contributed by atoms with E-state index in [4.69, 9.17) is 35.4 Å². The summed E-state index contributed by atoms with van der Waals surface area (Å²) in [6.07, 6.45) is 3.13. The molecular weight excluding hydrogens is 473 g/mol. The topological polar surface area (TPSA) is 62.5 Å². The molecule has 0 atom stereocenters. The fourth-order valence-electron chi connectivity index (χ4n) is 3.19. The monoisotopic (exact) mass is 491 g/mol. The average Bonchev–Trinajstić information content (AvgIpc) is 3.19. The number of aromatic nitrogens is 2. The maximum Gasteiger partial charge on any atom is 0.277 e. The van der Waals surface area contributed by atoms with Gasteiger partial charge in [0.25, 0.3) is 5.91 Å². The van der Waals surface area contributed by atoms with Gasteiger partial charge in [0.2, 0.25) is 0 Å². The molecule has 0 aliphatic carbocycles. The summed E-state index contributed by atoms with van der Waals surface area (Å²) in [5, 5.41) is 9.11. The molecule has 160 valence electrons. The zero-order valence-corrected chi connectivity index (χ0v) is 19.6. The molecule has 1 saturated heterocycles. The Morgan fingerprint density at radius 3 is 2.26 bits per heavy atom. The van der Waals surface area contributed by atoms with Crippen LogP contribution in [-0.2, 0) is 0 Å². The molecule has 0 spiro atoms. The van der Waals surface area contributed by atoms with Crippen molar-refractivity contribution >= 4 is 63.7 Å². The normalized spacial score (nSPS) is 14.5. The predicted octanol–water partition coefficient (Wildman–Crippen LogP) is 5.16. The number of carbonyl (C=O) groups excluding carboxylic acids is 1. The van der Waals surface area contributed by atoms with Gasteiger partial charge < -0.3 is 10.2 Å². The highest BCUT2D eigenvalue weighted by molar-refractivity contribution is 7.80. The van der Waals surface area contributed by atoms with Crippen LogP contribution in [0.4, 0.5) is 5.69 Å². The van der Waals surface area contributed by atoms with Crippen molar-refractivity contribution in [3.8, 4) is 5.69 Å². The van der Waals surface area contributed by atoms with Gasteiger partial charge >= 0.3 is 0 Å². The van der Waals surface area contributed by atoms with Crippen LogP contribution < -0.4 is 9.99 Å². The van der Waals surface area contributed by atoms with Gasteiger partial charge in [0.15, 0.2) is 15.5 Å². The Balaban J connectivity index is 1.68. The van der Waals surface area contributed by atoms with Crippen LogP contribution in [-0.4, -0.2) is 38.2 Å². The number of likely N-dealkylation sites (tertiary alicyclic amines) is 1. The number of nitrogens with zero attached hydrogens (tertiary/aromatic N) is 4. The van der Waals surface area contributed by atoms with E-state index in [1.807, 2.05) is 29.2 Å². The molecule has 0 bridgehead atoms. The standard InChI is InChI=1S/C21H19Cl2N5OS2/c22-14-4-8-16(9-5-14)24-21(30)25-19-18(20(29)27-12-2-1-3-13-27)26-28(31-19)17-10-6-15(23)7-11-17/h4-11H,1-3,12-13H2,(H,24,30)/b25-19-. The molecule has 31 heavy (non-hydrogen) atoms. The molecule has 2 heterocycles. The van der Waals surface area contributed by atoms with Crippen LogP contribution in [0.25, 0.3) is 5.69 Å². The first-order chi connectivity index (χ1) is 15.0. The Kier molecular flexibility index (Phi) is 7.02. The number of rotatable bonds is 3. The molecule has 0 unspecified atom stereocenters. The zero-order valence-electron chi connectivity index (χ0n) is 16.4. The fourth-order valence-corrected chi connectivity index (χ4v) is 4.57. The summed E-state index contributed by atoms with van der Waals surface area (Å²) in [7, 11) is 0. The van der Waals surface area contributed by atoms with Crippen molar-refractivity contribution in [1.82, 2.24) is 14.1 Å². The molecule has 1 amide bonds. The number of hydrogen-bond acceptors (Lipinski definition) is 4. The van der Waals surface area contributed by atoms with Crippen LogP contribution in [0, 0.1) is 0 Å². The van der Waals surface area contributed by atoms with Gasteiger partial charge in [-0.25, -0.2) is 4.99 Å². The van der Waals surface area contributed by atoms with Crippen LogP contribution in [0.1, 0.15) is 29.8 Å². The largest absolute Gasteiger partial charge is 0.337 e. The quantitative estimate of drug-likeness (QED) is 0.513. The molecule has 6 nitrogen and oxygen atoms in total. The number of benzene rings is 2. The number of halogens is 2. The summed E-state index contributed by atoms with van der Waals surface area (Å²) >= 11 is 18.6. The second-order valence-corrected chi connectivity index (χ2v) is 9.17. The minimum absolute atomic E-state index is 0.128. The summed E-state index contributed by atoms with van der Waals surface area (Å²) in [4.78, 5) is 19.5. The molecule has 0 radical (unpaired) electrons. The van der Waals surface area contributed by atoms with E-state index in [1.165, 1.54) is 11.5 Å². The molecule has 3 aromatic rings. The lowest BCUT2D eigenvalue weighted by Crippen LogP contribution is -2.38. The van der Waals surface area contributed by atoms with Gasteiger partial charge in [-0.15, -0.1) is 5.10 Å². The number of amides is 1. The number of thiocarbonyl (C=S) groups is 1. The Bertz CT molecular complexity index is 1150. The molecule has 1 aliphatic rings. The van der Waals surface area contributed by atoms with Gasteiger partial charge in [0.05, 0.1) is 5.69 Å². The second-order valence-electron chi connectivity index (χ2n) is 7.00.